The summed E-state index contributed by atoms with van der Waals surface area (Å²) in [5.41, 5.74) is 6.60. The van der Waals surface area contributed by atoms with Gasteiger partial charge in [0.05, 0.1) is 0 Å². The molecule has 3 heteroatoms. The minimum atomic E-state index is -0.363. The number of amides is 1. The number of hydrogen-bond donors (Lipinski definition) is 2. The first-order chi connectivity index (χ1) is 7.72. The topological polar surface area (TPSA) is 55.1 Å². The van der Waals surface area contributed by atoms with E-state index in [9.17, 15) is 4.79 Å². The van der Waals surface area contributed by atoms with Gasteiger partial charge in [0.15, 0.2) is 0 Å². The number of rotatable bonds is 1. The van der Waals surface area contributed by atoms with Gasteiger partial charge in [-0.1, -0.05) is 24.6 Å². The lowest BCUT2D eigenvalue weighted by Gasteiger charge is -2.08. The van der Waals surface area contributed by atoms with Gasteiger partial charge in [-0.25, -0.2) is 0 Å². The second-order valence-electron chi connectivity index (χ2n) is 3.99. The standard InChI is InChI=1S/C8H9NO.C5H11N/c1-6-4-2-3-5-7(6)8(9)10;1-2-4-6-5-3-1/h2-5H,1H3,(H2,9,10);6H,1-5H2. The molecule has 2 rings (SSSR count). The van der Waals surface area contributed by atoms with Gasteiger partial charge >= 0.3 is 0 Å². The van der Waals surface area contributed by atoms with Gasteiger partial charge in [0.1, 0.15) is 0 Å². The number of piperidine rings is 1. The van der Waals surface area contributed by atoms with E-state index in [1.165, 1.54) is 32.4 Å². The fraction of sp³-hybridized carbons (Fsp3) is 0.462. The van der Waals surface area contributed by atoms with Crippen LogP contribution in [-0.4, -0.2) is 19.0 Å². The number of aryl methyl sites for hydroxylation is 1. The Kier molecular flexibility index (Phi) is 5.57. The zero-order valence-corrected chi connectivity index (χ0v) is 9.83. The number of benzene rings is 1. The van der Waals surface area contributed by atoms with E-state index in [2.05, 4.69) is 5.32 Å². The summed E-state index contributed by atoms with van der Waals surface area (Å²) in [4.78, 5) is 10.6. The van der Waals surface area contributed by atoms with Crippen molar-refractivity contribution in [3.8, 4) is 0 Å². The number of carbonyl (C=O) groups excluding carboxylic acids is 1. The molecule has 1 heterocycles. The summed E-state index contributed by atoms with van der Waals surface area (Å²) in [6.07, 6.45) is 4.22. The largest absolute Gasteiger partial charge is 0.366 e. The van der Waals surface area contributed by atoms with Gasteiger partial charge < -0.3 is 11.1 Å². The first-order valence-electron chi connectivity index (χ1n) is 5.78. The Morgan fingerprint density at radius 2 is 1.81 bits per heavy atom. The van der Waals surface area contributed by atoms with Crippen LogP contribution in [0.1, 0.15) is 35.2 Å². The van der Waals surface area contributed by atoms with Crippen molar-refractivity contribution in [3.05, 3.63) is 35.4 Å². The lowest BCUT2D eigenvalue weighted by atomic mass is 10.1. The molecule has 1 aromatic rings. The Hall–Kier alpha value is -1.35. The van der Waals surface area contributed by atoms with Crippen LogP contribution in [0.4, 0.5) is 0 Å². The van der Waals surface area contributed by atoms with Crippen molar-refractivity contribution in [1.29, 1.82) is 0 Å². The van der Waals surface area contributed by atoms with Crippen molar-refractivity contribution in [3.63, 3.8) is 0 Å². The molecule has 0 radical (unpaired) electrons. The smallest absolute Gasteiger partial charge is 0.248 e. The molecule has 0 aliphatic carbocycles. The minimum absolute atomic E-state index is 0.363. The third-order valence-corrected chi connectivity index (χ3v) is 2.62. The molecule has 0 aromatic heterocycles. The van der Waals surface area contributed by atoms with E-state index < -0.39 is 0 Å². The lowest BCUT2D eigenvalue weighted by molar-refractivity contribution is 0.0999. The van der Waals surface area contributed by atoms with Gasteiger partial charge in [0.2, 0.25) is 5.91 Å². The predicted octanol–water partition coefficient (Wildman–Crippen LogP) is 1.85. The molecule has 1 saturated heterocycles. The molecular weight excluding hydrogens is 200 g/mol. The Morgan fingerprint density at radius 3 is 2.12 bits per heavy atom. The van der Waals surface area contributed by atoms with Crippen LogP contribution in [0.3, 0.4) is 0 Å². The number of primary amides is 1. The molecule has 1 aliphatic heterocycles. The van der Waals surface area contributed by atoms with Crippen molar-refractivity contribution in [2.45, 2.75) is 26.2 Å². The van der Waals surface area contributed by atoms with Crippen LogP contribution in [0.15, 0.2) is 24.3 Å². The molecule has 0 unspecified atom stereocenters. The maximum atomic E-state index is 10.6. The molecule has 88 valence electrons. The summed E-state index contributed by atoms with van der Waals surface area (Å²) in [6.45, 7) is 4.36. The summed E-state index contributed by atoms with van der Waals surface area (Å²) in [6, 6.07) is 7.26. The molecule has 0 bridgehead atoms. The Bertz CT molecular complexity index is 321. The van der Waals surface area contributed by atoms with Crippen molar-refractivity contribution in [2.75, 3.05) is 13.1 Å². The minimum Gasteiger partial charge on any atom is -0.366 e. The summed E-state index contributed by atoms with van der Waals surface area (Å²) in [5.74, 6) is -0.363. The third kappa shape index (κ3) is 4.45. The van der Waals surface area contributed by atoms with Crippen LogP contribution < -0.4 is 11.1 Å². The summed E-state index contributed by atoms with van der Waals surface area (Å²) in [5, 5.41) is 3.28. The quantitative estimate of drug-likeness (QED) is 0.759. The fourth-order valence-electron chi connectivity index (χ4n) is 1.65. The zero-order chi connectivity index (χ0) is 11.8. The summed E-state index contributed by atoms with van der Waals surface area (Å²) in [7, 11) is 0. The van der Waals surface area contributed by atoms with Crippen LogP contribution in [0.2, 0.25) is 0 Å². The number of nitrogens with two attached hydrogens (primary N) is 1. The highest BCUT2D eigenvalue weighted by atomic mass is 16.1. The molecule has 1 aliphatic rings. The first kappa shape index (κ1) is 12.7. The molecule has 16 heavy (non-hydrogen) atoms. The molecule has 0 spiro atoms. The maximum absolute atomic E-state index is 10.6. The molecule has 3 N–H and O–H groups in total. The molecule has 1 amide bonds. The van der Waals surface area contributed by atoms with Gasteiger partial charge in [0.25, 0.3) is 0 Å². The van der Waals surface area contributed by atoms with Crippen molar-refractivity contribution in [1.82, 2.24) is 5.32 Å². The highest BCUT2D eigenvalue weighted by Crippen LogP contribution is 2.04. The SMILES string of the molecule is C1CCNCC1.Cc1ccccc1C(N)=O. The van der Waals surface area contributed by atoms with Gasteiger partial charge in [0, 0.05) is 5.56 Å². The van der Waals surface area contributed by atoms with Crippen LogP contribution in [0, 0.1) is 6.92 Å². The molecule has 1 aromatic carbocycles. The van der Waals surface area contributed by atoms with Crippen molar-refractivity contribution >= 4 is 5.91 Å². The van der Waals surface area contributed by atoms with E-state index in [1.54, 1.807) is 12.1 Å². The van der Waals surface area contributed by atoms with Gasteiger partial charge in [-0.05, 0) is 44.5 Å². The molecule has 1 fully saturated rings. The normalized spacial score (nSPS) is 14.8. The molecule has 0 atom stereocenters. The van der Waals surface area contributed by atoms with Gasteiger partial charge in [-0.15, -0.1) is 0 Å². The monoisotopic (exact) mass is 220 g/mol. The van der Waals surface area contributed by atoms with E-state index >= 15 is 0 Å². The number of nitrogens with one attached hydrogen (secondary N) is 1. The lowest BCUT2D eigenvalue weighted by Crippen LogP contribution is -2.21. The molecular formula is C13H20N2O. The summed E-state index contributed by atoms with van der Waals surface area (Å²) >= 11 is 0. The highest BCUT2D eigenvalue weighted by molar-refractivity contribution is 5.94. The van der Waals surface area contributed by atoms with Crippen LogP contribution in [-0.2, 0) is 0 Å². The zero-order valence-electron chi connectivity index (χ0n) is 9.83. The maximum Gasteiger partial charge on any atom is 0.248 e. The third-order valence-electron chi connectivity index (χ3n) is 2.62. The predicted molar refractivity (Wildman–Crippen MR) is 66.4 cm³/mol. The second-order valence-corrected chi connectivity index (χ2v) is 3.99. The van der Waals surface area contributed by atoms with Gasteiger partial charge in [-0.3, -0.25) is 4.79 Å². The van der Waals surface area contributed by atoms with Crippen LogP contribution in [0.25, 0.3) is 0 Å². The van der Waals surface area contributed by atoms with Crippen LogP contribution in [0.5, 0.6) is 0 Å². The average Bonchev–Trinajstić information content (AvgIpc) is 2.32. The first-order valence-corrected chi connectivity index (χ1v) is 5.78. The highest BCUT2D eigenvalue weighted by Gasteiger charge is 2.00. The summed E-state index contributed by atoms with van der Waals surface area (Å²) < 4.78 is 0. The Labute approximate surface area is 97.0 Å². The van der Waals surface area contributed by atoms with Crippen molar-refractivity contribution < 1.29 is 4.79 Å². The number of carbonyl (C=O) groups is 1. The fourth-order valence-corrected chi connectivity index (χ4v) is 1.65. The van der Waals surface area contributed by atoms with E-state index in [0.29, 0.717) is 5.56 Å². The average molecular weight is 220 g/mol. The van der Waals surface area contributed by atoms with Gasteiger partial charge in [-0.2, -0.15) is 0 Å². The second kappa shape index (κ2) is 7.01. The molecule has 3 nitrogen and oxygen atoms in total. The molecule has 0 saturated carbocycles. The number of hydrogen-bond acceptors (Lipinski definition) is 2. The van der Waals surface area contributed by atoms with E-state index in [1.807, 2.05) is 19.1 Å². The Morgan fingerprint density at radius 1 is 1.19 bits per heavy atom. The Balaban J connectivity index is 0.000000181. The van der Waals surface area contributed by atoms with E-state index in [4.69, 9.17) is 5.73 Å². The van der Waals surface area contributed by atoms with Crippen LogP contribution >= 0.6 is 0 Å². The van der Waals surface area contributed by atoms with Crippen molar-refractivity contribution in [2.24, 2.45) is 5.73 Å². The van der Waals surface area contributed by atoms with E-state index in [-0.39, 0.29) is 5.91 Å². The van der Waals surface area contributed by atoms with E-state index in [0.717, 1.165) is 5.56 Å².